The SMILES string of the molecule is Cc1cccc(C(O)CNC(C)CC(=O)Nc2ccc(F)cc2)c1. The maximum Gasteiger partial charge on any atom is 0.225 e. The van der Waals surface area contributed by atoms with E-state index in [0.29, 0.717) is 12.2 Å². The molecule has 0 fully saturated rings. The van der Waals surface area contributed by atoms with E-state index in [2.05, 4.69) is 10.6 Å². The molecule has 1 amide bonds. The summed E-state index contributed by atoms with van der Waals surface area (Å²) in [6, 6.07) is 13.3. The zero-order valence-electron chi connectivity index (χ0n) is 13.9. The van der Waals surface area contributed by atoms with Crippen molar-refractivity contribution in [3.05, 3.63) is 65.5 Å². The van der Waals surface area contributed by atoms with E-state index in [4.69, 9.17) is 0 Å². The van der Waals surface area contributed by atoms with E-state index >= 15 is 0 Å². The summed E-state index contributed by atoms with van der Waals surface area (Å²) in [7, 11) is 0. The van der Waals surface area contributed by atoms with Crippen LogP contribution in [0.5, 0.6) is 0 Å². The molecule has 2 rings (SSSR count). The molecule has 0 heterocycles. The molecule has 2 aromatic rings. The summed E-state index contributed by atoms with van der Waals surface area (Å²) >= 11 is 0. The minimum atomic E-state index is -0.618. The first-order valence-corrected chi connectivity index (χ1v) is 7.97. The molecule has 128 valence electrons. The molecule has 0 aliphatic rings. The highest BCUT2D eigenvalue weighted by molar-refractivity contribution is 5.91. The van der Waals surface area contributed by atoms with Gasteiger partial charge >= 0.3 is 0 Å². The summed E-state index contributed by atoms with van der Waals surface area (Å²) in [6.07, 6.45) is -0.356. The molecule has 24 heavy (non-hydrogen) atoms. The fourth-order valence-electron chi connectivity index (χ4n) is 2.40. The second-order valence-electron chi connectivity index (χ2n) is 6.00. The van der Waals surface area contributed by atoms with Crippen molar-refractivity contribution in [3.8, 4) is 0 Å². The number of aliphatic hydroxyl groups excluding tert-OH is 1. The van der Waals surface area contributed by atoms with Crippen molar-refractivity contribution in [1.82, 2.24) is 5.32 Å². The fourth-order valence-corrected chi connectivity index (χ4v) is 2.40. The number of aryl methyl sites for hydroxylation is 1. The number of carbonyl (C=O) groups excluding carboxylic acids is 1. The van der Waals surface area contributed by atoms with Crippen molar-refractivity contribution < 1.29 is 14.3 Å². The van der Waals surface area contributed by atoms with Crippen molar-refractivity contribution >= 4 is 11.6 Å². The maximum atomic E-state index is 12.8. The van der Waals surface area contributed by atoms with Crippen LogP contribution < -0.4 is 10.6 Å². The van der Waals surface area contributed by atoms with Crippen molar-refractivity contribution in [3.63, 3.8) is 0 Å². The maximum absolute atomic E-state index is 12.8. The Bertz CT molecular complexity index is 673. The molecule has 3 N–H and O–H groups in total. The van der Waals surface area contributed by atoms with Crippen molar-refractivity contribution in [2.45, 2.75) is 32.4 Å². The summed E-state index contributed by atoms with van der Waals surface area (Å²) in [4.78, 5) is 12.0. The summed E-state index contributed by atoms with van der Waals surface area (Å²) in [6.45, 7) is 4.23. The topological polar surface area (TPSA) is 61.4 Å². The molecular formula is C19H23FN2O2. The molecule has 0 bridgehead atoms. The Hall–Kier alpha value is -2.24. The number of carbonyl (C=O) groups is 1. The van der Waals surface area contributed by atoms with Gasteiger partial charge in [-0.3, -0.25) is 4.79 Å². The third kappa shape index (κ3) is 5.76. The molecule has 0 radical (unpaired) electrons. The predicted octanol–water partition coefficient (Wildman–Crippen LogP) is 3.17. The number of benzene rings is 2. The minimum Gasteiger partial charge on any atom is -0.387 e. The third-order valence-electron chi connectivity index (χ3n) is 3.71. The first kappa shape index (κ1) is 18.1. The number of rotatable bonds is 7. The van der Waals surface area contributed by atoms with Crippen LogP contribution in [0.4, 0.5) is 10.1 Å². The van der Waals surface area contributed by atoms with E-state index < -0.39 is 6.10 Å². The van der Waals surface area contributed by atoms with Gasteiger partial charge in [0, 0.05) is 24.7 Å². The Morgan fingerprint density at radius 2 is 1.92 bits per heavy atom. The minimum absolute atomic E-state index is 0.0927. The molecule has 0 aliphatic carbocycles. The van der Waals surface area contributed by atoms with Gasteiger partial charge in [-0.1, -0.05) is 29.8 Å². The van der Waals surface area contributed by atoms with Gasteiger partial charge in [-0.25, -0.2) is 4.39 Å². The number of aliphatic hydroxyl groups is 1. The monoisotopic (exact) mass is 330 g/mol. The average molecular weight is 330 g/mol. The van der Waals surface area contributed by atoms with Crippen LogP contribution in [0.2, 0.25) is 0 Å². The molecule has 2 aromatic carbocycles. The molecule has 0 spiro atoms. The van der Waals surface area contributed by atoms with Crippen molar-refractivity contribution in [1.29, 1.82) is 0 Å². The van der Waals surface area contributed by atoms with Gasteiger partial charge in [0.25, 0.3) is 0 Å². The first-order chi connectivity index (χ1) is 11.4. The molecule has 0 saturated carbocycles. The molecule has 2 unspecified atom stereocenters. The number of hydrogen-bond donors (Lipinski definition) is 3. The van der Waals surface area contributed by atoms with Gasteiger partial charge in [0.15, 0.2) is 0 Å². The van der Waals surface area contributed by atoms with Crippen LogP contribution in [0, 0.1) is 12.7 Å². The van der Waals surface area contributed by atoms with Crippen LogP contribution in [-0.2, 0) is 4.79 Å². The lowest BCUT2D eigenvalue weighted by atomic mass is 10.1. The predicted molar refractivity (Wildman–Crippen MR) is 93.3 cm³/mol. The van der Waals surface area contributed by atoms with Crippen LogP contribution in [0.15, 0.2) is 48.5 Å². The molecule has 0 saturated heterocycles. The highest BCUT2D eigenvalue weighted by atomic mass is 19.1. The van der Waals surface area contributed by atoms with E-state index in [-0.39, 0.29) is 24.2 Å². The summed E-state index contributed by atoms with van der Waals surface area (Å²) < 4.78 is 12.8. The zero-order chi connectivity index (χ0) is 17.5. The molecule has 0 aliphatic heterocycles. The Kier molecular flexibility index (Phi) is 6.46. The molecule has 4 nitrogen and oxygen atoms in total. The number of nitrogens with one attached hydrogen (secondary N) is 2. The van der Waals surface area contributed by atoms with Crippen LogP contribution >= 0.6 is 0 Å². The summed E-state index contributed by atoms with van der Waals surface area (Å²) in [5.74, 6) is -0.500. The van der Waals surface area contributed by atoms with E-state index in [1.165, 1.54) is 24.3 Å². The van der Waals surface area contributed by atoms with Crippen LogP contribution in [0.25, 0.3) is 0 Å². The Balaban J connectivity index is 1.77. The van der Waals surface area contributed by atoms with E-state index in [0.717, 1.165) is 11.1 Å². The van der Waals surface area contributed by atoms with E-state index in [9.17, 15) is 14.3 Å². The van der Waals surface area contributed by atoms with E-state index in [1.54, 1.807) is 0 Å². The number of amides is 1. The van der Waals surface area contributed by atoms with Crippen LogP contribution in [0.1, 0.15) is 30.6 Å². The van der Waals surface area contributed by atoms with Crippen LogP contribution in [0.3, 0.4) is 0 Å². The second-order valence-corrected chi connectivity index (χ2v) is 6.00. The van der Waals surface area contributed by atoms with Gasteiger partial charge in [0.2, 0.25) is 5.91 Å². The number of hydrogen-bond acceptors (Lipinski definition) is 3. The van der Waals surface area contributed by atoms with Gasteiger partial charge in [-0.05, 0) is 43.7 Å². The normalized spacial score (nSPS) is 13.3. The van der Waals surface area contributed by atoms with Crippen molar-refractivity contribution in [2.24, 2.45) is 0 Å². The Labute approximate surface area is 141 Å². The highest BCUT2D eigenvalue weighted by Crippen LogP contribution is 2.14. The average Bonchev–Trinajstić information content (AvgIpc) is 2.54. The summed E-state index contributed by atoms with van der Waals surface area (Å²) in [5.41, 5.74) is 2.51. The molecule has 5 heteroatoms. The largest absolute Gasteiger partial charge is 0.387 e. The smallest absolute Gasteiger partial charge is 0.225 e. The third-order valence-corrected chi connectivity index (χ3v) is 3.71. The van der Waals surface area contributed by atoms with E-state index in [1.807, 2.05) is 38.1 Å². The quantitative estimate of drug-likeness (QED) is 0.731. The van der Waals surface area contributed by atoms with Crippen LogP contribution in [-0.4, -0.2) is 23.6 Å². The van der Waals surface area contributed by atoms with Gasteiger partial charge in [-0.2, -0.15) is 0 Å². The molecular weight excluding hydrogens is 307 g/mol. The second kappa shape index (κ2) is 8.57. The van der Waals surface area contributed by atoms with Crippen molar-refractivity contribution in [2.75, 3.05) is 11.9 Å². The van der Waals surface area contributed by atoms with Gasteiger partial charge in [0.1, 0.15) is 5.82 Å². The lowest BCUT2D eigenvalue weighted by molar-refractivity contribution is -0.116. The fraction of sp³-hybridized carbons (Fsp3) is 0.316. The first-order valence-electron chi connectivity index (χ1n) is 7.97. The van der Waals surface area contributed by atoms with Gasteiger partial charge in [0.05, 0.1) is 6.10 Å². The Morgan fingerprint density at radius 3 is 2.58 bits per heavy atom. The highest BCUT2D eigenvalue weighted by Gasteiger charge is 2.12. The van der Waals surface area contributed by atoms with Gasteiger partial charge < -0.3 is 15.7 Å². The number of anilines is 1. The van der Waals surface area contributed by atoms with Gasteiger partial charge in [-0.15, -0.1) is 0 Å². The summed E-state index contributed by atoms with van der Waals surface area (Å²) in [5, 5.41) is 16.1. The lowest BCUT2D eigenvalue weighted by Crippen LogP contribution is -2.33. The molecule has 0 aromatic heterocycles. The molecule has 2 atom stereocenters. The lowest BCUT2D eigenvalue weighted by Gasteiger charge is -2.17. The number of halogens is 1. The zero-order valence-corrected chi connectivity index (χ0v) is 13.9. The Morgan fingerprint density at radius 1 is 1.21 bits per heavy atom. The standard InChI is InChI=1S/C19H23FN2O2/c1-13-4-3-5-15(10-13)18(23)12-21-14(2)11-19(24)22-17-8-6-16(20)7-9-17/h3-10,14,18,21,23H,11-12H2,1-2H3,(H,22,24).